The maximum Gasteiger partial charge on any atom is 0.128 e. The molecule has 21 heavy (non-hydrogen) atoms. The lowest BCUT2D eigenvalue weighted by Crippen LogP contribution is -2.08. The van der Waals surface area contributed by atoms with Crippen LogP contribution in [-0.4, -0.2) is 20.3 Å². The molecule has 0 saturated heterocycles. The molecule has 2 aromatic carbocycles. The zero-order valence-electron chi connectivity index (χ0n) is 12.3. The Bertz CT molecular complexity index is 557. The fourth-order valence-electron chi connectivity index (χ4n) is 2.04. The van der Waals surface area contributed by atoms with Gasteiger partial charge in [-0.25, -0.2) is 4.39 Å². The summed E-state index contributed by atoms with van der Waals surface area (Å²) in [4.78, 5) is 0. The van der Waals surface area contributed by atoms with Gasteiger partial charge >= 0.3 is 0 Å². The second-order valence-corrected chi connectivity index (χ2v) is 4.75. The van der Waals surface area contributed by atoms with E-state index in [1.165, 1.54) is 6.07 Å². The average Bonchev–Trinajstić information content (AvgIpc) is 2.49. The van der Waals surface area contributed by atoms with Gasteiger partial charge in [-0.3, -0.25) is 0 Å². The molecular formula is C17H20FNO2. The van der Waals surface area contributed by atoms with Crippen molar-refractivity contribution in [3.8, 4) is 5.75 Å². The molecule has 0 aliphatic heterocycles. The second kappa shape index (κ2) is 7.64. The number of ether oxygens (including phenoxy) is 2. The molecule has 2 rings (SSSR count). The van der Waals surface area contributed by atoms with Crippen LogP contribution in [0.25, 0.3) is 0 Å². The summed E-state index contributed by atoms with van der Waals surface area (Å²) in [6.07, 6.45) is 0. The molecule has 0 aliphatic rings. The van der Waals surface area contributed by atoms with Crippen molar-refractivity contribution in [2.24, 2.45) is 0 Å². The predicted molar refractivity (Wildman–Crippen MR) is 82.3 cm³/mol. The Morgan fingerprint density at radius 1 is 1.05 bits per heavy atom. The third-order valence-corrected chi connectivity index (χ3v) is 3.17. The number of benzene rings is 2. The third kappa shape index (κ3) is 4.46. The van der Waals surface area contributed by atoms with Gasteiger partial charge in [0.1, 0.15) is 18.2 Å². The van der Waals surface area contributed by atoms with Crippen molar-refractivity contribution in [3.05, 3.63) is 59.9 Å². The first-order valence-corrected chi connectivity index (χ1v) is 6.93. The van der Waals surface area contributed by atoms with Crippen LogP contribution < -0.4 is 10.1 Å². The van der Waals surface area contributed by atoms with Crippen LogP contribution in [0.4, 0.5) is 10.1 Å². The smallest absolute Gasteiger partial charge is 0.128 e. The molecule has 1 unspecified atom stereocenters. The standard InChI is InChI=1S/C17H20FNO2/c1-13(16-5-3-4-6-17(16)18)19-14-7-9-15(10-8-14)21-12-11-20-2/h3-10,13,19H,11-12H2,1-2H3. The molecule has 1 atom stereocenters. The number of halogens is 1. The van der Waals surface area contributed by atoms with Crippen LogP contribution in [0.2, 0.25) is 0 Å². The summed E-state index contributed by atoms with van der Waals surface area (Å²) in [5.41, 5.74) is 1.57. The molecule has 2 aromatic rings. The second-order valence-electron chi connectivity index (χ2n) is 4.75. The van der Waals surface area contributed by atoms with Gasteiger partial charge < -0.3 is 14.8 Å². The first-order valence-electron chi connectivity index (χ1n) is 6.93. The lowest BCUT2D eigenvalue weighted by atomic mass is 10.1. The number of hydrogen-bond donors (Lipinski definition) is 1. The van der Waals surface area contributed by atoms with Crippen LogP contribution in [-0.2, 0) is 4.74 Å². The minimum Gasteiger partial charge on any atom is -0.491 e. The Labute approximate surface area is 124 Å². The summed E-state index contributed by atoms with van der Waals surface area (Å²) in [5.74, 6) is 0.591. The lowest BCUT2D eigenvalue weighted by Gasteiger charge is -2.16. The van der Waals surface area contributed by atoms with E-state index in [1.54, 1.807) is 19.2 Å². The molecule has 112 valence electrons. The lowest BCUT2D eigenvalue weighted by molar-refractivity contribution is 0.146. The van der Waals surface area contributed by atoms with E-state index in [0.29, 0.717) is 18.8 Å². The van der Waals surface area contributed by atoms with Gasteiger partial charge in [-0.1, -0.05) is 18.2 Å². The Hall–Kier alpha value is -2.07. The minimum atomic E-state index is -0.197. The van der Waals surface area contributed by atoms with Gasteiger partial charge in [0.25, 0.3) is 0 Å². The number of methoxy groups -OCH3 is 1. The zero-order valence-corrected chi connectivity index (χ0v) is 12.3. The highest BCUT2D eigenvalue weighted by Crippen LogP contribution is 2.23. The predicted octanol–water partition coefficient (Wildman–Crippen LogP) is 4.02. The monoisotopic (exact) mass is 289 g/mol. The highest BCUT2D eigenvalue weighted by atomic mass is 19.1. The maximum absolute atomic E-state index is 13.7. The van der Waals surface area contributed by atoms with Crippen molar-refractivity contribution >= 4 is 5.69 Å². The molecule has 1 N–H and O–H groups in total. The molecule has 0 heterocycles. The van der Waals surface area contributed by atoms with E-state index >= 15 is 0 Å². The third-order valence-electron chi connectivity index (χ3n) is 3.17. The fourth-order valence-corrected chi connectivity index (χ4v) is 2.04. The minimum absolute atomic E-state index is 0.105. The molecule has 0 saturated carbocycles. The molecule has 3 nitrogen and oxygen atoms in total. The molecule has 0 aliphatic carbocycles. The molecule has 0 fully saturated rings. The quantitative estimate of drug-likeness (QED) is 0.781. The van der Waals surface area contributed by atoms with E-state index in [2.05, 4.69) is 5.32 Å². The van der Waals surface area contributed by atoms with Gasteiger partial charge in [0.15, 0.2) is 0 Å². The highest BCUT2D eigenvalue weighted by Gasteiger charge is 2.09. The van der Waals surface area contributed by atoms with Gasteiger partial charge in [0.2, 0.25) is 0 Å². The van der Waals surface area contributed by atoms with Gasteiger partial charge in [0.05, 0.1) is 12.6 Å². The largest absolute Gasteiger partial charge is 0.491 e. The van der Waals surface area contributed by atoms with E-state index in [1.807, 2.05) is 37.3 Å². The van der Waals surface area contributed by atoms with Crippen LogP contribution in [0.1, 0.15) is 18.5 Å². The Balaban J connectivity index is 1.95. The summed E-state index contributed by atoms with van der Waals surface area (Å²) in [7, 11) is 1.64. The Morgan fingerprint density at radius 2 is 1.76 bits per heavy atom. The molecule has 0 spiro atoms. The highest BCUT2D eigenvalue weighted by molar-refractivity contribution is 5.48. The van der Waals surface area contributed by atoms with Crippen molar-refractivity contribution in [1.82, 2.24) is 0 Å². The normalized spacial score (nSPS) is 12.0. The van der Waals surface area contributed by atoms with Gasteiger partial charge in [-0.15, -0.1) is 0 Å². The summed E-state index contributed by atoms with van der Waals surface area (Å²) in [6, 6.07) is 14.3. The van der Waals surface area contributed by atoms with E-state index < -0.39 is 0 Å². The first kappa shape index (κ1) is 15.3. The van der Waals surface area contributed by atoms with Crippen molar-refractivity contribution in [2.45, 2.75) is 13.0 Å². The van der Waals surface area contributed by atoms with Gasteiger partial charge in [0, 0.05) is 18.4 Å². The van der Waals surface area contributed by atoms with Crippen LogP contribution in [0.15, 0.2) is 48.5 Å². The number of hydrogen-bond acceptors (Lipinski definition) is 3. The summed E-state index contributed by atoms with van der Waals surface area (Å²) < 4.78 is 24.1. The molecule has 0 radical (unpaired) electrons. The fraction of sp³-hybridized carbons (Fsp3) is 0.294. The topological polar surface area (TPSA) is 30.5 Å². The number of anilines is 1. The van der Waals surface area contributed by atoms with Crippen molar-refractivity contribution in [3.63, 3.8) is 0 Å². The van der Waals surface area contributed by atoms with Crippen molar-refractivity contribution in [1.29, 1.82) is 0 Å². The van der Waals surface area contributed by atoms with E-state index in [0.717, 1.165) is 11.4 Å². The summed E-state index contributed by atoms with van der Waals surface area (Å²) in [5, 5.41) is 3.27. The Kier molecular flexibility index (Phi) is 5.58. The van der Waals surface area contributed by atoms with Crippen LogP contribution >= 0.6 is 0 Å². The van der Waals surface area contributed by atoms with Gasteiger partial charge in [-0.2, -0.15) is 0 Å². The number of rotatable bonds is 7. The molecule has 4 heteroatoms. The zero-order chi connectivity index (χ0) is 15.1. The van der Waals surface area contributed by atoms with Gasteiger partial charge in [-0.05, 0) is 37.3 Å². The number of nitrogens with one attached hydrogen (secondary N) is 1. The SMILES string of the molecule is COCCOc1ccc(NC(C)c2ccccc2F)cc1. The van der Waals surface area contributed by atoms with Crippen LogP contribution in [0.5, 0.6) is 5.75 Å². The van der Waals surface area contributed by atoms with Crippen molar-refractivity contribution < 1.29 is 13.9 Å². The van der Waals surface area contributed by atoms with E-state index in [-0.39, 0.29) is 11.9 Å². The molecular weight excluding hydrogens is 269 g/mol. The maximum atomic E-state index is 13.7. The Morgan fingerprint density at radius 3 is 2.43 bits per heavy atom. The molecule has 0 aromatic heterocycles. The van der Waals surface area contributed by atoms with Crippen LogP contribution in [0, 0.1) is 5.82 Å². The van der Waals surface area contributed by atoms with E-state index in [9.17, 15) is 4.39 Å². The van der Waals surface area contributed by atoms with E-state index in [4.69, 9.17) is 9.47 Å². The van der Waals surface area contributed by atoms with Crippen molar-refractivity contribution in [2.75, 3.05) is 25.6 Å². The molecule has 0 bridgehead atoms. The summed E-state index contributed by atoms with van der Waals surface area (Å²) in [6.45, 7) is 3.01. The summed E-state index contributed by atoms with van der Waals surface area (Å²) >= 11 is 0. The average molecular weight is 289 g/mol. The molecule has 0 amide bonds. The van der Waals surface area contributed by atoms with Crippen LogP contribution in [0.3, 0.4) is 0 Å². The first-order chi connectivity index (χ1) is 10.2.